The van der Waals surface area contributed by atoms with Gasteiger partial charge in [-0.25, -0.2) is 0 Å². The van der Waals surface area contributed by atoms with Crippen molar-refractivity contribution >= 4 is 0 Å². The molecule has 2 fully saturated rings. The zero-order valence-corrected chi connectivity index (χ0v) is 12.4. The Bertz CT molecular complexity index is 404. The third kappa shape index (κ3) is 3.42. The summed E-state index contributed by atoms with van der Waals surface area (Å²) < 4.78 is 0. The van der Waals surface area contributed by atoms with Gasteiger partial charge in [0.05, 0.1) is 0 Å². The first kappa shape index (κ1) is 14.1. The third-order valence-electron chi connectivity index (χ3n) is 4.99. The number of rotatable bonds is 6. The van der Waals surface area contributed by atoms with Crippen LogP contribution < -0.4 is 5.32 Å². The molecule has 0 spiro atoms. The van der Waals surface area contributed by atoms with Gasteiger partial charge in [-0.05, 0) is 80.5 Å². The number of hydrogen-bond donors (Lipinski definition) is 2. The number of nitrogens with one attached hydrogen (secondary N) is 1. The van der Waals surface area contributed by atoms with Crippen molar-refractivity contribution in [2.45, 2.75) is 50.4 Å². The van der Waals surface area contributed by atoms with Crippen molar-refractivity contribution in [3.8, 4) is 0 Å². The topological polar surface area (TPSA) is 32.3 Å². The lowest BCUT2D eigenvalue weighted by atomic mass is 9.79. The summed E-state index contributed by atoms with van der Waals surface area (Å²) in [6.45, 7) is 2.63. The van der Waals surface area contributed by atoms with Gasteiger partial charge in [0.15, 0.2) is 0 Å². The Balaban J connectivity index is 1.72. The largest absolute Gasteiger partial charge is 0.396 e. The first-order valence-corrected chi connectivity index (χ1v) is 8.30. The van der Waals surface area contributed by atoms with Crippen LogP contribution in [0.5, 0.6) is 0 Å². The molecule has 1 aliphatic heterocycles. The van der Waals surface area contributed by atoms with Gasteiger partial charge >= 0.3 is 0 Å². The maximum absolute atomic E-state index is 9.17. The lowest BCUT2D eigenvalue weighted by Gasteiger charge is -2.31. The van der Waals surface area contributed by atoms with E-state index in [1.807, 2.05) is 0 Å². The van der Waals surface area contributed by atoms with E-state index >= 15 is 0 Å². The predicted octanol–water partition coefficient (Wildman–Crippen LogP) is 3.42. The van der Waals surface area contributed by atoms with E-state index in [-0.39, 0.29) is 0 Å². The number of piperidine rings is 1. The smallest absolute Gasteiger partial charge is 0.0431 e. The molecule has 0 bridgehead atoms. The molecule has 1 aliphatic carbocycles. The molecule has 20 heavy (non-hydrogen) atoms. The highest BCUT2D eigenvalue weighted by molar-refractivity contribution is 5.30. The second-order valence-corrected chi connectivity index (χ2v) is 6.52. The van der Waals surface area contributed by atoms with Crippen LogP contribution in [0.4, 0.5) is 0 Å². The zero-order valence-electron chi connectivity index (χ0n) is 12.4. The summed E-state index contributed by atoms with van der Waals surface area (Å²) in [6.07, 6.45) is 7.41. The average Bonchev–Trinajstić information content (AvgIpc) is 3.34. The maximum atomic E-state index is 9.17. The zero-order chi connectivity index (χ0) is 13.8. The van der Waals surface area contributed by atoms with Crippen molar-refractivity contribution in [2.75, 3.05) is 19.7 Å². The van der Waals surface area contributed by atoms with Gasteiger partial charge in [-0.15, -0.1) is 0 Å². The maximum Gasteiger partial charge on any atom is 0.0431 e. The van der Waals surface area contributed by atoms with Gasteiger partial charge in [0.1, 0.15) is 0 Å². The Labute approximate surface area is 122 Å². The van der Waals surface area contributed by atoms with Crippen LogP contribution in [0.2, 0.25) is 0 Å². The average molecular weight is 273 g/mol. The van der Waals surface area contributed by atoms with E-state index in [1.165, 1.54) is 43.4 Å². The molecule has 2 unspecified atom stereocenters. The molecule has 0 amide bonds. The van der Waals surface area contributed by atoms with E-state index in [0.29, 0.717) is 12.5 Å². The molecule has 0 aromatic heterocycles. The first-order valence-electron chi connectivity index (χ1n) is 8.30. The van der Waals surface area contributed by atoms with Crippen molar-refractivity contribution in [3.05, 3.63) is 35.4 Å². The summed E-state index contributed by atoms with van der Waals surface area (Å²) in [5.74, 6) is 2.20. The number of aliphatic hydroxyl groups excluding tert-OH is 1. The minimum atomic E-state index is 0.316. The highest BCUT2D eigenvalue weighted by atomic mass is 16.2. The number of aliphatic hydroxyl groups is 1. The Hall–Kier alpha value is -0.860. The molecule has 1 aromatic rings. The fourth-order valence-electron chi connectivity index (χ4n) is 3.64. The Kier molecular flexibility index (Phi) is 4.74. The van der Waals surface area contributed by atoms with Crippen LogP contribution in [0.15, 0.2) is 24.3 Å². The minimum Gasteiger partial charge on any atom is -0.396 e. The fourth-order valence-corrected chi connectivity index (χ4v) is 3.64. The number of benzene rings is 1. The van der Waals surface area contributed by atoms with E-state index in [2.05, 4.69) is 29.6 Å². The molecule has 2 aliphatic rings. The molecule has 1 heterocycles. The van der Waals surface area contributed by atoms with Crippen molar-refractivity contribution < 1.29 is 5.11 Å². The monoisotopic (exact) mass is 273 g/mol. The number of hydrogen-bond acceptors (Lipinski definition) is 2. The molecule has 0 radical (unpaired) electrons. The fraction of sp³-hybridized carbons (Fsp3) is 0.667. The van der Waals surface area contributed by atoms with Crippen LogP contribution in [0.25, 0.3) is 0 Å². The Morgan fingerprint density at radius 3 is 2.55 bits per heavy atom. The summed E-state index contributed by atoms with van der Waals surface area (Å²) >= 11 is 0. The minimum absolute atomic E-state index is 0.316. The summed E-state index contributed by atoms with van der Waals surface area (Å²) in [6, 6.07) is 9.39. The lowest BCUT2D eigenvalue weighted by molar-refractivity contribution is 0.255. The molecule has 110 valence electrons. The van der Waals surface area contributed by atoms with Gasteiger partial charge in [0, 0.05) is 6.61 Å². The molecule has 2 heteroatoms. The Morgan fingerprint density at radius 1 is 1.15 bits per heavy atom. The van der Waals surface area contributed by atoms with Crippen molar-refractivity contribution in [3.63, 3.8) is 0 Å². The second-order valence-electron chi connectivity index (χ2n) is 6.52. The van der Waals surface area contributed by atoms with Gasteiger partial charge in [-0.2, -0.15) is 0 Å². The standard InChI is InChI=1S/C18H27NO/c20-12-2-4-18(17-3-1-11-19-13-17)16-9-7-15(8-10-16)14-5-6-14/h7-10,14,17-20H,1-6,11-13H2. The molecular weight excluding hydrogens is 246 g/mol. The van der Waals surface area contributed by atoms with E-state index in [4.69, 9.17) is 5.11 Å². The van der Waals surface area contributed by atoms with Crippen LogP contribution in [0.1, 0.15) is 61.5 Å². The molecule has 2 nitrogen and oxygen atoms in total. The molecule has 1 saturated carbocycles. The van der Waals surface area contributed by atoms with E-state index in [0.717, 1.165) is 31.2 Å². The van der Waals surface area contributed by atoms with E-state index < -0.39 is 0 Å². The summed E-state index contributed by atoms with van der Waals surface area (Å²) in [5.41, 5.74) is 3.01. The van der Waals surface area contributed by atoms with Gasteiger partial charge in [0.25, 0.3) is 0 Å². The quantitative estimate of drug-likeness (QED) is 0.832. The van der Waals surface area contributed by atoms with E-state index in [9.17, 15) is 0 Å². The van der Waals surface area contributed by atoms with Crippen LogP contribution in [0.3, 0.4) is 0 Å². The summed E-state index contributed by atoms with van der Waals surface area (Å²) in [4.78, 5) is 0. The van der Waals surface area contributed by atoms with Crippen LogP contribution >= 0.6 is 0 Å². The van der Waals surface area contributed by atoms with Gasteiger partial charge in [-0.3, -0.25) is 0 Å². The van der Waals surface area contributed by atoms with Crippen molar-refractivity contribution in [1.82, 2.24) is 5.32 Å². The summed E-state index contributed by atoms with van der Waals surface area (Å²) in [7, 11) is 0. The predicted molar refractivity (Wildman–Crippen MR) is 83.1 cm³/mol. The third-order valence-corrected chi connectivity index (χ3v) is 4.99. The molecular formula is C18H27NO. The summed E-state index contributed by atoms with van der Waals surface area (Å²) in [5, 5.41) is 12.7. The lowest BCUT2D eigenvalue weighted by Crippen LogP contribution is -2.33. The van der Waals surface area contributed by atoms with Gasteiger partial charge in [-0.1, -0.05) is 24.3 Å². The van der Waals surface area contributed by atoms with Gasteiger partial charge in [0.2, 0.25) is 0 Å². The molecule has 2 N–H and O–H groups in total. The van der Waals surface area contributed by atoms with Gasteiger partial charge < -0.3 is 10.4 Å². The Morgan fingerprint density at radius 2 is 1.95 bits per heavy atom. The molecule has 2 atom stereocenters. The molecule has 3 rings (SSSR count). The van der Waals surface area contributed by atoms with E-state index in [1.54, 1.807) is 0 Å². The highest BCUT2D eigenvalue weighted by Crippen LogP contribution is 2.41. The molecule has 1 aromatic carbocycles. The normalized spacial score (nSPS) is 24.6. The van der Waals surface area contributed by atoms with Crippen LogP contribution in [-0.2, 0) is 0 Å². The van der Waals surface area contributed by atoms with Crippen molar-refractivity contribution in [2.24, 2.45) is 5.92 Å². The molecule has 1 saturated heterocycles. The second kappa shape index (κ2) is 6.73. The SMILES string of the molecule is OCCCC(c1ccc(C2CC2)cc1)C1CCCNC1. The van der Waals surface area contributed by atoms with Crippen LogP contribution in [0, 0.1) is 5.92 Å². The highest BCUT2D eigenvalue weighted by Gasteiger charge is 2.26. The van der Waals surface area contributed by atoms with Crippen molar-refractivity contribution in [1.29, 1.82) is 0 Å². The van der Waals surface area contributed by atoms with Crippen LogP contribution in [-0.4, -0.2) is 24.8 Å². The first-order chi connectivity index (χ1) is 9.88.